The second-order valence-electron chi connectivity index (χ2n) is 4.44. The molecule has 0 fully saturated rings. The molecule has 0 unspecified atom stereocenters. The summed E-state index contributed by atoms with van der Waals surface area (Å²) in [4.78, 5) is 0.478. The van der Waals surface area contributed by atoms with Crippen molar-refractivity contribution in [2.45, 2.75) is 18.7 Å². The molecule has 0 heterocycles. The number of rotatable bonds is 3. The zero-order chi connectivity index (χ0) is 13.8. The Balaban J connectivity index is 2.23. The van der Waals surface area contributed by atoms with Crippen molar-refractivity contribution in [3.63, 3.8) is 0 Å². The van der Waals surface area contributed by atoms with Crippen LogP contribution in [0.1, 0.15) is 16.7 Å². The lowest BCUT2D eigenvalue weighted by Gasteiger charge is -2.01. The summed E-state index contributed by atoms with van der Waals surface area (Å²) in [5.41, 5.74) is 2.88. The molecule has 2 aromatic carbocycles. The Labute approximate surface area is 115 Å². The van der Waals surface area contributed by atoms with E-state index in [1.54, 1.807) is 24.3 Å². The molecule has 0 bridgehead atoms. The van der Waals surface area contributed by atoms with E-state index in [1.165, 1.54) is 6.08 Å². The highest BCUT2D eigenvalue weighted by molar-refractivity contribution is 7.89. The maximum Gasteiger partial charge on any atom is 0.192 e. The quantitative estimate of drug-likeness (QED) is 0.811. The van der Waals surface area contributed by atoms with E-state index >= 15 is 0 Å². The van der Waals surface area contributed by atoms with Crippen molar-refractivity contribution in [3.8, 4) is 0 Å². The predicted octanol–water partition coefficient (Wildman–Crippen LogP) is 4.38. The SMILES string of the molecule is Cc1ccc(/C=C(\F)[S@@](=O)c2ccc(C)cc2)cc1. The smallest absolute Gasteiger partial charge is 0.192 e. The van der Waals surface area contributed by atoms with Gasteiger partial charge in [0.1, 0.15) is 10.8 Å². The molecule has 0 spiro atoms. The highest BCUT2D eigenvalue weighted by Gasteiger charge is 2.09. The normalized spacial score (nSPS) is 13.3. The summed E-state index contributed by atoms with van der Waals surface area (Å²) in [6.07, 6.45) is 1.31. The van der Waals surface area contributed by atoms with Crippen LogP contribution < -0.4 is 0 Å². The lowest BCUT2D eigenvalue weighted by molar-refractivity contribution is 0.653. The van der Waals surface area contributed by atoms with E-state index < -0.39 is 16.0 Å². The minimum Gasteiger partial charge on any atom is -0.247 e. The van der Waals surface area contributed by atoms with Gasteiger partial charge in [-0.15, -0.1) is 0 Å². The van der Waals surface area contributed by atoms with Crippen molar-refractivity contribution in [2.75, 3.05) is 0 Å². The molecule has 0 aliphatic heterocycles. The molecule has 0 saturated heterocycles. The molecular formula is C16H15FOS. The summed E-state index contributed by atoms with van der Waals surface area (Å²) in [5, 5.41) is -0.632. The first kappa shape index (κ1) is 13.7. The average Bonchev–Trinajstić information content (AvgIpc) is 2.41. The number of hydrogen-bond acceptors (Lipinski definition) is 1. The summed E-state index contributed by atoms with van der Waals surface area (Å²) < 4.78 is 25.9. The maximum atomic E-state index is 13.9. The Bertz CT molecular complexity index is 612. The van der Waals surface area contributed by atoms with Crippen LogP contribution in [0.25, 0.3) is 6.08 Å². The summed E-state index contributed by atoms with van der Waals surface area (Å²) in [6, 6.07) is 14.4. The molecule has 98 valence electrons. The van der Waals surface area contributed by atoms with E-state index in [1.807, 2.05) is 38.1 Å². The zero-order valence-electron chi connectivity index (χ0n) is 10.9. The highest BCUT2D eigenvalue weighted by Crippen LogP contribution is 2.19. The molecule has 0 aromatic heterocycles. The standard InChI is InChI=1S/C16H15FOS/c1-12-3-7-14(8-4-12)11-16(17)19(18)15-9-5-13(2)6-10-15/h3-11H,1-2H3/b16-11+/t19-/m0/s1. The van der Waals surface area contributed by atoms with Gasteiger partial charge in [0.05, 0.1) is 0 Å². The van der Waals surface area contributed by atoms with Gasteiger partial charge in [-0.1, -0.05) is 47.5 Å². The Morgan fingerprint density at radius 1 is 0.947 bits per heavy atom. The monoisotopic (exact) mass is 274 g/mol. The van der Waals surface area contributed by atoms with E-state index in [4.69, 9.17) is 0 Å². The van der Waals surface area contributed by atoms with Crippen LogP contribution in [-0.2, 0) is 10.8 Å². The number of hydrogen-bond donors (Lipinski definition) is 0. The van der Waals surface area contributed by atoms with Gasteiger partial charge >= 0.3 is 0 Å². The summed E-state index contributed by atoms with van der Waals surface area (Å²) in [5.74, 6) is 0. The third-order valence-electron chi connectivity index (χ3n) is 2.77. The van der Waals surface area contributed by atoms with Crippen molar-refractivity contribution < 1.29 is 8.60 Å². The maximum absolute atomic E-state index is 13.9. The number of halogens is 1. The molecule has 1 atom stereocenters. The van der Waals surface area contributed by atoms with Crippen LogP contribution in [0.4, 0.5) is 4.39 Å². The molecular weight excluding hydrogens is 259 g/mol. The van der Waals surface area contributed by atoms with Gasteiger partial charge in [0.2, 0.25) is 0 Å². The molecule has 2 aromatic rings. The van der Waals surface area contributed by atoms with Crippen molar-refractivity contribution in [1.82, 2.24) is 0 Å². The molecule has 2 rings (SSSR count). The molecule has 0 amide bonds. The van der Waals surface area contributed by atoms with Crippen LogP contribution in [0.5, 0.6) is 0 Å². The van der Waals surface area contributed by atoms with E-state index in [9.17, 15) is 8.60 Å². The molecule has 0 N–H and O–H groups in total. The minimum absolute atomic E-state index is 0.478. The van der Waals surface area contributed by atoms with Crippen molar-refractivity contribution >= 4 is 16.9 Å². The fourth-order valence-corrected chi connectivity index (χ4v) is 2.47. The second-order valence-corrected chi connectivity index (χ2v) is 5.84. The van der Waals surface area contributed by atoms with Gasteiger partial charge < -0.3 is 0 Å². The molecule has 0 aliphatic rings. The van der Waals surface area contributed by atoms with Crippen molar-refractivity contribution in [3.05, 3.63) is 70.4 Å². The average molecular weight is 274 g/mol. The fourth-order valence-electron chi connectivity index (χ4n) is 1.62. The Kier molecular flexibility index (Phi) is 4.27. The number of benzene rings is 2. The van der Waals surface area contributed by atoms with Crippen molar-refractivity contribution in [1.29, 1.82) is 0 Å². The second kappa shape index (κ2) is 5.93. The minimum atomic E-state index is -1.75. The summed E-state index contributed by atoms with van der Waals surface area (Å²) in [6.45, 7) is 3.90. The van der Waals surface area contributed by atoms with Gasteiger partial charge in [-0.05, 0) is 37.6 Å². The first-order valence-electron chi connectivity index (χ1n) is 5.98. The largest absolute Gasteiger partial charge is 0.247 e. The molecule has 19 heavy (non-hydrogen) atoms. The first-order valence-corrected chi connectivity index (χ1v) is 7.13. The fraction of sp³-hybridized carbons (Fsp3) is 0.125. The third kappa shape index (κ3) is 3.61. The highest BCUT2D eigenvalue weighted by atomic mass is 32.2. The van der Waals surface area contributed by atoms with Gasteiger partial charge in [-0.25, -0.2) is 4.21 Å². The summed E-state index contributed by atoms with van der Waals surface area (Å²) in [7, 11) is -1.75. The van der Waals surface area contributed by atoms with Gasteiger partial charge in [0.15, 0.2) is 5.16 Å². The van der Waals surface area contributed by atoms with Gasteiger partial charge in [-0.2, -0.15) is 4.39 Å². The van der Waals surface area contributed by atoms with Crippen LogP contribution in [0.15, 0.2) is 58.6 Å². The topological polar surface area (TPSA) is 17.1 Å². The van der Waals surface area contributed by atoms with E-state index in [-0.39, 0.29) is 0 Å². The first-order chi connectivity index (χ1) is 9.06. The van der Waals surface area contributed by atoms with Crippen LogP contribution >= 0.6 is 0 Å². The van der Waals surface area contributed by atoms with E-state index in [0.717, 1.165) is 11.1 Å². The molecule has 0 aliphatic carbocycles. The lowest BCUT2D eigenvalue weighted by Crippen LogP contribution is -1.92. The Morgan fingerprint density at radius 2 is 1.42 bits per heavy atom. The van der Waals surface area contributed by atoms with Gasteiger partial charge in [-0.3, -0.25) is 0 Å². The third-order valence-corrected chi connectivity index (χ3v) is 3.94. The van der Waals surface area contributed by atoms with Gasteiger partial charge in [0, 0.05) is 4.90 Å². The molecule has 3 heteroatoms. The Morgan fingerprint density at radius 3 is 1.95 bits per heavy atom. The van der Waals surface area contributed by atoms with Crippen LogP contribution in [0, 0.1) is 13.8 Å². The van der Waals surface area contributed by atoms with Crippen LogP contribution in [0.3, 0.4) is 0 Å². The molecule has 0 saturated carbocycles. The number of aryl methyl sites for hydroxylation is 2. The van der Waals surface area contributed by atoms with Crippen LogP contribution in [-0.4, -0.2) is 4.21 Å². The van der Waals surface area contributed by atoms with Gasteiger partial charge in [0.25, 0.3) is 0 Å². The van der Waals surface area contributed by atoms with Crippen molar-refractivity contribution in [2.24, 2.45) is 0 Å². The molecule has 1 nitrogen and oxygen atoms in total. The lowest BCUT2D eigenvalue weighted by atomic mass is 10.1. The predicted molar refractivity (Wildman–Crippen MR) is 77.9 cm³/mol. The Hall–Kier alpha value is -1.74. The van der Waals surface area contributed by atoms with E-state index in [0.29, 0.717) is 10.5 Å². The zero-order valence-corrected chi connectivity index (χ0v) is 11.7. The molecule has 0 radical (unpaired) electrons. The van der Waals surface area contributed by atoms with Crippen LogP contribution in [0.2, 0.25) is 0 Å². The van der Waals surface area contributed by atoms with E-state index in [2.05, 4.69) is 0 Å². The summed E-state index contributed by atoms with van der Waals surface area (Å²) >= 11 is 0.